The van der Waals surface area contributed by atoms with E-state index in [1.54, 1.807) is 11.7 Å². The number of hydrogen-bond acceptors (Lipinski definition) is 1. The molecule has 1 atom stereocenters. The molecule has 0 rings (SSSR count). The Hall–Kier alpha value is 0.110. The van der Waals surface area contributed by atoms with Gasteiger partial charge in [-0.05, 0) is 34.7 Å². The molecule has 74 valence electrons. The van der Waals surface area contributed by atoms with Crippen molar-refractivity contribution in [3.05, 3.63) is 0 Å². The van der Waals surface area contributed by atoms with E-state index in [0.29, 0.717) is 0 Å². The third-order valence-electron chi connectivity index (χ3n) is 1.72. The van der Waals surface area contributed by atoms with Gasteiger partial charge in [0, 0.05) is 12.1 Å². The first-order chi connectivity index (χ1) is 5.33. The summed E-state index contributed by atoms with van der Waals surface area (Å²) in [6.07, 6.45) is 0. The second kappa shape index (κ2) is 4.38. The van der Waals surface area contributed by atoms with Gasteiger partial charge in [-0.2, -0.15) is 0 Å². The normalized spacial score (nSPS) is 17.4. The molecule has 0 fully saturated rings. The highest BCUT2D eigenvalue weighted by atomic mass is 31.2. The van der Waals surface area contributed by atoms with Crippen molar-refractivity contribution < 1.29 is 4.57 Å². The zero-order chi connectivity index (χ0) is 9.94. The van der Waals surface area contributed by atoms with E-state index < -0.39 is 7.59 Å². The molecule has 0 heterocycles. The first-order valence-corrected chi connectivity index (χ1v) is 5.92. The predicted molar refractivity (Wildman–Crippen MR) is 53.0 cm³/mol. The molecular weight excluding hydrogens is 173 g/mol. The molecule has 0 aliphatic rings. The van der Waals surface area contributed by atoms with Gasteiger partial charge < -0.3 is 0 Å². The minimum atomic E-state index is -2.81. The van der Waals surface area contributed by atoms with Crippen molar-refractivity contribution in [1.29, 1.82) is 0 Å². The van der Waals surface area contributed by atoms with Crippen LogP contribution >= 0.6 is 7.59 Å². The fourth-order valence-corrected chi connectivity index (χ4v) is 3.00. The van der Waals surface area contributed by atoms with Crippen molar-refractivity contribution >= 4 is 7.59 Å². The van der Waals surface area contributed by atoms with E-state index in [2.05, 4.69) is 5.09 Å². The summed E-state index contributed by atoms with van der Waals surface area (Å²) >= 11 is 0. The molecule has 0 bridgehead atoms. The van der Waals surface area contributed by atoms with E-state index in [0.717, 1.165) is 0 Å². The van der Waals surface area contributed by atoms with Gasteiger partial charge >= 0.3 is 0 Å². The maximum absolute atomic E-state index is 11.8. The number of nitrogens with zero attached hydrogens (tertiary/aromatic N) is 1. The highest BCUT2D eigenvalue weighted by Crippen LogP contribution is 2.39. The Balaban J connectivity index is 4.63. The minimum absolute atomic E-state index is 0.188. The molecule has 0 aliphatic heterocycles. The Morgan fingerprint density at radius 1 is 1.25 bits per heavy atom. The third-order valence-corrected chi connectivity index (χ3v) is 3.97. The van der Waals surface area contributed by atoms with Crippen LogP contribution in [-0.2, 0) is 4.57 Å². The first kappa shape index (κ1) is 12.1. The fraction of sp³-hybridized carbons (Fsp3) is 1.00. The molecule has 4 nitrogen and oxygen atoms in total. The van der Waals surface area contributed by atoms with Gasteiger partial charge in [-0.3, -0.25) is 10.1 Å². The Kier molecular flexibility index (Phi) is 4.42. The molecule has 0 radical (unpaired) electrons. The van der Waals surface area contributed by atoms with Crippen LogP contribution in [0.2, 0.25) is 0 Å². The summed E-state index contributed by atoms with van der Waals surface area (Å²) in [7, 11) is -1.19. The monoisotopic (exact) mass is 193 g/mol. The molecule has 0 aromatic rings. The first-order valence-electron chi connectivity index (χ1n) is 4.19. The van der Waals surface area contributed by atoms with Gasteiger partial charge in [0.2, 0.25) is 0 Å². The van der Waals surface area contributed by atoms with Crippen LogP contribution in [0.3, 0.4) is 0 Å². The van der Waals surface area contributed by atoms with Gasteiger partial charge in [0.25, 0.3) is 7.59 Å². The van der Waals surface area contributed by atoms with Gasteiger partial charge in [-0.15, -0.1) is 0 Å². The molecule has 3 N–H and O–H groups in total. The second-order valence-corrected chi connectivity index (χ2v) is 5.57. The number of nitrogens with two attached hydrogens (primary N) is 1. The van der Waals surface area contributed by atoms with E-state index in [1.165, 1.54) is 0 Å². The molecule has 0 aliphatic carbocycles. The Morgan fingerprint density at radius 2 is 1.58 bits per heavy atom. The second-order valence-electron chi connectivity index (χ2n) is 3.41. The van der Waals surface area contributed by atoms with Crippen molar-refractivity contribution in [2.75, 3.05) is 7.05 Å². The topological polar surface area (TPSA) is 58.4 Å². The largest absolute Gasteiger partial charge is 0.279 e. The van der Waals surface area contributed by atoms with Crippen LogP contribution in [0, 0.1) is 0 Å². The molecule has 0 saturated carbocycles. The highest BCUT2D eigenvalue weighted by molar-refractivity contribution is 7.56. The number of hydrogen-bond donors (Lipinski definition) is 2. The van der Waals surface area contributed by atoms with E-state index in [1.807, 2.05) is 27.7 Å². The summed E-state index contributed by atoms with van der Waals surface area (Å²) in [5.41, 5.74) is 5.63. The summed E-state index contributed by atoms with van der Waals surface area (Å²) in [4.78, 5) is 0. The van der Waals surface area contributed by atoms with E-state index in [4.69, 9.17) is 5.50 Å². The number of rotatable bonds is 4. The maximum Gasteiger partial charge on any atom is 0.279 e. The smallest absolute Gasteiger partial charge is 0.271 e. The molecule has 0 aromatic carbocycles. The average molecular weight is 193 g/mol. The lowest BCUT2D eigenvalue weighted by Gasteiger charge is -2.34. The van der Waals surface area contributed by atoms with Crippen LogP contribution in [0.1, 0.15) is 27.7 Å². The van der Waals surface area contributed by atoms with Gasteiger partial charge in [0.1, 0.15) is 0 Å². The zero-order valence-corrected chi connectivity index (χ0v) is 9.43. The molecule has 0 aromatic heterocycles. The molecule has 0 amide bonds. The van der Waals surface area contributed by atoms with E-state index >= 15 is 0 Å². The van der Waals surface area contributed by atoms with Crippen LogP contribution < -0.4 is 10.6 Å². The van der Waals surface area contributed by atoms with Crippen molar-refractivity contribution in [2.24, 2.45) is 5.50 Å². The van der Waals surface area contributed by atoms with Crippen molar-refractivity contribution in [2.45, 2.75) is 39.8 Å². The standard InChI is InChI=1S/C7H20N3OP/c1-6(2)10(7(3)4)12(8,11)9-5/h6-7H,1-5H3,(H3,8,9,11). The van der Waals surface area contributed by atoms with Crippen LogP contribution in [0.5, 0.6) is 0 Å². The average Bonchev–Trinajstić information content (AvgIpc) is 1.84. The predicted octanol–water partition coefficient (Wildman–Crippen LogP) is 1.39. The lowest BCUT2D eigenvalue weighted by Crippen LogP contribution is -2.40. The minimum Gasteiger partial charge on any atom is -0.271 e. The third kappa shape index (κ3) is 2.87. The lowest BCUT2D eigenvalue weighted by molar-refractivity contribution is 0.295. The highest BCUT2D eigenvalue weighted by Gasteiger charge is 2.28. The van der Waals surface area contributed by atoms with Gasteiger partial charge in [-0.1, -0.05) is 0 Å². The van der Waals surface area contributed by atoms with Gasteiger partial charge in [0.05, 0.1) is 0 Å². The zero-order valence-electron chi connectivity index (χ0n) is 8.53. The molecule has 0 spiro atoms. The van der Waals surface area contributed by atoms with Crippen molar-refractivity contribution in [3.63, 3.8) is 0 Å². The summed E-state index contributed by atoms with van der Waals surface area (Å²) in [6.45, 7) is 7.93. The van der Waals surface area contributed by atoms with Crippen LogP contribution in [0.4, 0.5) is 0 Å². The van der Waals surface area contributed by atoms with Crippen molar-refractivity contribution in [3.8, 4) is 0 Å². The molecule has 5 heteroatoms. The maximum atomic E-state index is 11.8. The lowest BCUT2D eigenvalue weighted by atomic mass is 10.3. The van der Waals surface area contributed by atoms with Crippen LogP contribution in [0.15, 0.2) is 0 Å². The summed E-state index contributed by atoms with van der Waals surface area (Å²) < 4.78 is 13.6. The molecule has 1 unspecified atom stereocenters. The van der Waals surface area contributed by atoms with E-state index in [9.17, 15) is 4.57 Å². The van der Waals surface area contributed by atoms with E-state index in [-0.39, 0.29) is 12.1 Å². The fourth-order valence-electron chi connectivity index (χ4n) is 1.40. The molecular formula is C7H20N3OP. The Bertz CT molecular complexity index is 173. The quantitative estimate of drug-likeness (QED) is 0.662. The van der Waals surface area contributed by atoms with Crippen LogP contribution in [-0.4, -0.2) is 23.8 Å². The van der Waals surface area contributed by atoms with Gasteiger partial charge in [0.15, 0.2) is 0 Å². The summed E-state index contributed by atoms with van der Waals surface area (Å²) in [6, 6.07) is 0.376. The number of nitrogens with one attached hydrogen (secondary N) is 1. The van der Waals surface area contributed by atoms with Crippen LogP contribution in [0.25, 0.3) is 0 Å². The van der Waals surface area contributed by atoms with Gasteiger partial charge in [-0.25, -0.2) is 9.76 Å². The molecule has 0 saturated heterocycles. The Morgan fingerprint density at radius 3 is 1.67 bits per heavy atom. The summed E-state index contributed by atoms with van der Waals surface area (Å²) in [5.74, 6) is 0. The summed E-state index contributed by atoms with van der Waals surface area (Å²) in [5, 5.41) is 2.66. The van der Waals surface area contributed by atoms with Crippen molar-refractivity contribution in [1.82, 2.24) is 9.76 Å². The molecule has 12 heavy (non-hydrogen) atoms. The Labute approximate surface area is 75.0 Å². The SMILES string of the molecule is CNP(N)(=O)N(C(C)C)C(C)C.